The van der Waals surface area contributed by atoms with Crippen LogP contribution in [0.1, 0.15) is 40.5 Å². The van der Waals surface area contributed by atoms with Gasteiger partial charge in [0.1, 0.15) is 0 Å². The van der Waals surface area contributed by atoms with Crippen LogP contribution < -0.4 is 0 Å². The number of allylic oxidation sites excluding steroid dienone is 3. The van der Waals surface area contributed by atoms with E-state index in [0.29, 0.717) is 12.0 Å². The molecule has 1 saturated heterocycles. The zero-order valence-electron chi connectivity index (χ0n) is 11.2. The summed E-state index contributed by atoms with van der Waals surface area (Å²) in [6.07, 6.45) is 7.39. The number of likely N-dealkylation sites (tertiary alicyclic amines) is 1. The van der Waals surface area contributed by atoms with Crippen molar-refractivity contribution in [3.05, 3.63) is 23.3 Å². The van der Waals surface area contributed by atoms with Crippen LogP contribution in [0, 0.1) is 11.8 Å². The van der Waals surface area contributed by atoms with Gasteiger partial charge in [-0.1, -0.05) is 26.0 Å². The van der Waals surface area contributed by atoms with Gasteiger partial charge in [-0.2, -0.15) is 0 Å². The molecule has 0 bridgehead atoms. The van der Waals surface area contributed by atoms with Crippen molar-refractivity contribution in [1.29, 1.82) is 0 Å². The first kappa shape index (κ1) is 11.9. The Kier molecular flexibility index (Phi) is 3.53. The van der Waals surface area contributed by atoms with Crippen molar-refractivity contribution in [2.24, 2.45) is 11.8 Å². The van der Waals surface area contributed by atoms with Gasteiger partial charge in [0.15, 0.2) is 0 Å². The van der Waals surface area contributed by atoms with Crippen molar-refractivity contribution in [3.8, 4) is 0 Å². The van der Waals surface area contributed by atoms with Crippen LogP contribution in [0.2, 0.25) is 0 Å². The summed E-state index contributed by atoms with van der Waals surface area (Å²) in [5.74, 6) is 1.53. The molecule has 0 radical (unpaired) electrons. The third-order valence-corrected chi connectivity index (χ3v) is 4.07. The molecule has 16 heavy (non-hydrogen) atoms. The maximum absolute atomic E-state index is 2.62. The molecule has 0 N–H and O–H groups in total. The Morgan fingerprint density at radius 2 is 2.00 bits per heavy atom. The number of piperidine rings is 1. The van der Waals surface area contributed by atoms with Crippen molar-refractivity contribution in [1.82, 2.24) is 4.90 Å². The van der Waals surface area contributed by atoms with E-state index < -0.39 is 0 Å². The predicted molar refractivity (Wildman–Crippen MR) is 70.4 cm³/mol. The Bertz CT molecular complexity index is 309. The SMILES string of the molecule is CC(C)C1=C2CN(C(C)C)CCC2CC=C1. The maximum atomic E-state index is 2.62. The zero-order valence-corrected chi connectivity index (χ0v) is 11.2. The van der Waals surface area contributed by atoms with Gasteiger partial charge in [0, 0.05) is 12.6 Å². The summed E-state index contributed by atoms with van der Waals surface area (Å²) < 4.78 is 0. The zero-order chi connectivity index (χ0) is 11.7. The van der Waals surface area contributed by atoms with E-state index in [1.54, 1.807) is 11.1 Å². The van der Waals surface area contributed by atoms with Gasteiger partial charge < -0.3 is 0 Å². The second-order valence-corrected chi connectivity index (χ2v) is 5.82. The van der Waals surface area contributed by atoms with Crippen molar-refractivity contribution in [2.45, 2.75) is 46.6 Å². The molecule has 1 aliphatic carbocycles. The minimum Gasteiger partial charge on any atom is -0.297 e. The maximum Gasteiger partial charge on any atom is 0.0204 e. The number of nitrogens with zero attached hydrogens (tertiary/aromatic N) is 1. The van der Waals surface area contributed by atoms with E-state index in [1.165, 1.54) is 25.9 Å². The average molecular weight is 219 g/mol. The van der Waals surface area contributed by atoms with E-state index in [-0.39, 0.29) is 0 Å². The highest BCUT2D eigenvalue weighted by molar-refractivity contribution is 5.34. The fourth-order valence-electron chi connectivity index (χ4n) is 2.98. The summed E-state index contributed by atoms with van der Waals surface area (Å²) >= 11 is 0. The van der Waals surface area contributed by atoms with Gasteiger partial charge >= 0.3 is 0 Å². The first-order chi connectivity index (χ1) is 7.59. The Morgan fingerprint density at radius 3 is 2.62 bits per heavy atom. The van der Waals surface area contributed by atoms with Crippen molar-refractivity contribution in [3.63, 3.8) is 0 Å². The van der Waals surface area contributed by atoms with E-state index in [9.17, 15) is 0 Å². The van der Waals surface area contributed by atoms with Gasteiger partial charge in [-0.25, -0.2) is 0 Å². The molecule has 1 unspecified atom stereocenters. The standard InChI is InChI=1S/C15H25N/c1-11(2)14-7-5-6-13-8-9-16(12(3)4)10-15(13)14/h5,7,11-13H,6,8-10H2,1-4H3. The van der Waals surface area contributed by atoms with Gasteiger partial charge in [0.2, 0.25) is 0 Å². The van der Waals surface area contributed by atoms with Crippen LogP contribution in [0.5, 0.6) is 0 Å². The Balaban J connectivity index is 2.23. The summed E-state index contributed by atoms with van der Waals surface area (Å²) in [6, 6.07) is 0.688. The molecule has 1 fully saturated rings. The molecule has 0 amide bonds. The molecule has 0 aromatic heterocycles. The summed E-state index contributed by atoms with van der Waals surface area (Å²) in [5, 5.41) is 0. The monoisotopic (exact) mass is 219 g/mol. The van der Waals surface area contributed by atoms with Crippen LogP contribution in [-0.2, 0) is 0 Å². The first-order valence-corrected chi connectivity index (χ1v) is 6.73. The Labute approximate surface area is 100 Å². The van der Waals surface area contributed by atoms with E-state index >= 15 is 0 Å². The molecular weight excluding hydrogens is 194 g/mol. The third-order valence-electron chi connectivity index (χ3n) is 4.07. The lowest BCUT2D eigenvalue weighted by atomic mass is 9.78. The summed E-state index contributed by atoms with van der Waals surface area (Å²) in [4.78, 5) is 2.62. The first-order valence-electron chi connectivity index (χ1n) is 6.73. The van der Waals surface area contributed by atoms with E-state index in [0.717, 1.165) is 5.92 Å². The number of rotatable bonds is 2. The average Bonchev–Trinajstić information content (AvgIpc) is 2.27. The van der Waals surface area contributed by atoms with E-state index in [4.69, 9.17) is 0 Å². The Hall–Kier alpha value is -0.560. The topological polar surface area (TPSA) is 3.24 Å². The molecule has 1 nitrogen and oxygen atoms in total. The number of fused-ring (bicyclic) bond motifs is 1. The van der Waals surface area contributed by atoms with Crippen LogP contribution in [0.25, 0.3) is 0 Å². The summed E-state index contributed by atoms with van der Waals surface area (Å²) in [5.41, 5.74) is 3.35. The van der Waals surface area contributed by atoms with E-state index in [1.807, 2.05) is 0 Å². The molecule has 1 heterocycles. The van der Waals surface area contributed by atoms with Gasteiger partial charge in [0.25, 0.3) is 0 Å². The van der Waals surface area contributed by atoms with E-state index in [2.05, 4.69) is 44.7 Å². The van der Waals surface area contributed by atoms with Gasteiger partial charge in [-0.05, 0) is 56.2 Å². The highest BCUT2D eigenvalue weighted by Gasteiger charge is 2.28. The fraction of sp³-hybridized carbons (Fsp3) is 0.733. The molecule has 1 aliphatic heterocycles. The van der Waals surface area contributed by atoms with Crippen LogP contribution in [0.15, 0.2) is 23.3 Å². The van der Waals surface area contributed by atoms with Gasteiger partial charge in [-0.15, -0.1) is 0 Å². The minimum atomic E-state index is 0.682. The van der Waals surface area contributed by atoms with Crippen LogP contribution in [0.4, 0.5) is 0 Å². The van der Waals surface area contributed by atoms with Crippen LogP contribution >= 0.6 is 0 Å². The van der Waals surface area contributed by atoms with Crippen molar-refractivity contribution in [2.75, 3.05) is 13.1 Å². The summed E-state index contributed by atoms with van der Waals surface area (Å²) in [6.45, 7) is 11.8. The molecule has 0 aromatic rings. The molecule has 1 heteroatoms. The quantitative estimate of drug-likeness (QED) is 0.685. The van der Waals surface area contributed by atoms with Gasteiger partial charge in [0.05, 0.1) is 0 Å². The van der Waals surface area contributed by atoms with Crippen molar-refractivity contribution >= 4 is 0 Å². The minimum absolute atomic E-state index is 0.682. The van der Waals surface area contributed by atoms with Crippen LogP contribution in [0.3, 0.4) is 0 Å². The normalized spacial score (nSPS) is 26.8. The molecule has 0 spiro atoms. The number of hydrogen-bond donors (Lipinski definition) is 0. The van der Waals surface area contributed by atoms with Gasteiger partial charge in [-0.3, -0.25) is 4.90 Å². The third kappa shape index (κ3) is 2.24. The lowest BCUT2D eigenvalue weighted by Crippen LogP contribution is -2.41. The largest absolute Gasteiger partial charge is 0.297 e. The Morgan fingerprint density at radius 1 is 1.25 bits per heavy atom. The highest BCUT2D eigenvalue weighted by atomic mass is 15.2. The predicted octanol–water partition coefficient (Wildman–Crippen LogP) is 3.63. The molecule has 90 valence electrons. The molecule has 2 rings (SSSR count). The molecule has 1 atom stereocenters. The lowest BCUT2D eigenvalue weighted by molar-refractivity contribution is 0.189. The second-order valence-electron chi connectivity index (χ2n) is 5.82. The smallest absolute Gasteiger partial charge is 0.0204 e. The molecular formula is C15H25N. The van der Waals surface area contributed by atoms with Crippen LogP contribution in [-0.4, -0.2) is 24.0 Å². The lowest BCUT2D eigenvalue weighted by Gasteiger charge is -2.39. The fourth-order valence-corrected chi connectivity index (χ4v) is 2.98. The van der Waals surface area contributed by atoms with Crippen molar-refractivity contribution < 1.29 is 0 Å². The number of hydrogen-bond acceptors (Lipinski definition) is 1. The second kappa shape index (κ2) is 4.75. The highest BCUT2D eigenvalue weighted by Crippen LogP contribution is 2.35. The summed E-state index contributed by atoms with van der Waals surface area (Å²) in [7, 11) is 0. The molecule has 2 aliphatic rings. The molecule has 0 saturated carbocycles. The molecule has 0 aromatic carbocycles.